The monoisotopic (exact) mass is 264 g/mol. The third-order valence-electron chi connectivity index (χ3n) is 4.09. The fraction of sp³-hybridized carbons (Fsp3) is 0.733. The first-order chi connectivity index (χ1) is 9.05. The first kappa shape index (κ1) is 14.1. The highest BCUT2D eigenvalue weighted by molar-refractivity contribution is 5.97. The lowest BCUT2D eigenvalue weighted by Crippen LogP contribution is -2.50. The maximum Gasteiger partial charge on any atom is 0.213 e. The fourth-order valence-corrected chi connectivity index (χ4v) is 2.88. The predicted octanol–water partition coefficient (Wildman–Crippen LogP) is 2.84. The van der Waals surface area contributed by atoms with Gasteiger partial charge >= 0.3 is 0 Å². The third-order valence-corrected chi connectivity index (χ3v) is 4.09. The van der Waals surface area contributed by atoms with Crippen LogP contribution in [0.3, 0.4) is 0 Å². The second-order valence-electron chi connectivity index (χ2n) is 5.66. The van der Waals surface area contributed by atoms with Crippen LogP contribution in [-0.2, 0) is 9.47 Å². The Hall–Kier alpha value is -1.32. The van der Waals surface area contributed by atoms with E-state index in [1.165, 1.54) is 0 Å². The molecule has 2 aliphatic rings. The maximum atomic E-state index is 5.58. The molecule has 4 heteroatoms. The Kier molecular flexibility index (Phi) is 3.97. The van der Waals surface area contributed by atoms with Crippen molar-refractivity contribution >= 4 is 11.8 Å². The van der Waals surface area contributed by atoms with E-state index in [0.29, 0.717) is 5.92 Å². The molecule has 0 aromatic heterocycles. The average molecular weight is 264 g/mol. The standard InChI is InChI=1S/C15H24N2O2/c1-10(2)12-13(18-4)17-15(14(16-12)19-5)9-7-6-8-11(15)3/h6,8,10-12H,7,9H2,1-5H3/t11?,12?,15-/m0/s1. The minimum Gasteiger partial charge on any atom is -0.483 e. The van der Waals surface area contributed by atoms with E-state index < -0.39 is 0 Å². The number of hydrogen-bond acceptors (Lipinski definition) is 4. The predicted molar refractivity (Wildman–Crippen MR) is 77.8 cm³/mol. The highest BCUT2D eigenvalue weighted by Gasteiger charge is 2.47. The number of hydrogen-bond donors (Lipinski definition) is 0. The quantitative estimate of drug-likeness (QED) is 0.683. The molecule has 1 aliphatic heterocycles. The number of rotatable bonds is 1. The molecule has 1 spiro atoms. The first-order valence-electron chi connectivity index (χ1n) is 6.97. The van der Waals surface area contributed by atoms with Gasteiger partial charge in [-0.3, -0.25) is 0 Å². The van der Waals surface area contributed by atoms with Crippen LogP contribution in [0.1, 0.15) is 33.6 Å². The lowest BCUT2D eigenvalue weighted by atomic mass is 9.76. The highest BCUT2D eigenvalue weighted by Crippen LogP contribution is 2.38. The van der Waals surface area contributed by atoms with Gasteiger partial charge in [0.05, 0.1) is 14.2 Å². The Morgan fingerprint density at radius 3 is 2.58 bits per heavy atom. The van der Waals surface area contributed by atoms with E-state index in [1.54, 1.807) is 14.2 Å². The molecule has 2 unspecified atom stereocenters. The molecule has 19 heavy (non-hydrogen) atoms. The number of ether oxygens (including phenoxy) is 2. The van der Waals surface area contributed by atoms with Crippen molar-refractivity contribution in [3.05, 3.63) is 12.2 Å². The molecule has 0 radical (unpaired) electrons. The third kappa shape index (κ3) is 2.28. The van der Waals surface area contributed by atoms with Gasteiger partial charge in [0.1, 0.15) is 11.6 Å². The zero-order chi connectivity index (χ0) is 14.0. The van der Waals surface area contributed by atoms with E-state index >= 15 is 0 Å². The minimum atomic E-state index is -0.375. The summed E-state index contributed by atoms with van der Waals surface area (Å²) in [7, 11) is 3.37. The van der Waals surface area contributed by atoms with Crippen molar-refractivity contribution in [2.24, 2.45) is 21.8 Å². The molecule has 3 atom stereocenters. The molecule has 0 fully saturated rings. The molecule has 106 valence electrons. The van der Waals surface area contributed by atoms with E-state index in [0.717, 1.165) is 24.6 Å². The van der Waals surface area contributed by atoms with E-state index in [1.807, 2.05) is 0 Å². The summed E-state index contributed by atoms with van der Waals surface area (Å²) in [5.41, 5.74) is -0.375. The van der Waals surface area contributed by atoms with Crippen molar-refractivity contribution in [3.8, 4) is 0 Å². The fourth-order valence-electron chi connectivity index (χ4n) is 2.88. The van der Waals surface area contributed by atoms with Crippen molar-refractivity contribution < 1.29 is 9.47 Å². The summed E-state index contributed by atoms with van der Waals surface area (Å²) in [6.07, 6.45) is 6.33. The van der Waals surface area contributed by atoms with Crippen LogP contribution in [0.2, 0.25) is 0 Å². The van der Waals surface area contributed by atoms with Crippen LogP contribution in [0.25, 0.3) is 0 Å². The van der Waals surface area contributed by atoms with Gasteiger partial charge in [0.15, 0.2) is 0 Å². The molecule has 1 heterocycles. The van der Waals surface area contributed by atoms with Gasteiger partial charge in [0.2, 0.25) is 11.8 Å². The number of methoxy groups -OCH3 is 2. The van der Waals surface area contributed by atoms with E-state index in [-0.39, 0.29) is 17.5 Å². The first-order valence-corrected chi connectivity index (χ1v) is 6.97. The molecule has 0 saturated carbocycles. The molecule has 0 bridgehead atoms. The van der Waals surface area contributed by atoms with Crippen LogP contribution in [0.5, 0.6) is 0 Å². The van der Waals surface area contributed by atoms with E-state index in [9.17, 15) is 0 Å². The molecule has 0 amide bonds. The zero-order valence-electron chi connectivity index (χ0n) is 12.5. The van der Waals surface area contributed by atoms with Crippen molar-refractivity contribution in [3.63, 3.8) is 0 Å². The van der Waals surface area contributed by atoms with Crippen molar-refractivity contribution in [2.75, 3.05) is 14.2 Å². The second-order valence-corrected chi connectivity index (χ2v) is 5.66. The molecular formula is C15H24N2O2. The normalized spacial score (nSPS) is 34.2. The van der Waals surface area contributed by atoms with Gasteiger partial charge in [-0.15, -0.1) is 0 Å². The van der Waals surface area contributed by atoms with Crippen LogP contribution in [0.15, 0.2) is 22.1 Å². The Balaban J connectivity index is 2.46. The van der Waals surface area contributed by atoms with Crippen LogP contribution >= 0.6 is 0 Å². The van der Waals surface area contributed by atoms with Gasteiger partial charge in [-0.1, -0.05) is 32.9 Å². The summed E-state index contributed by atoms with van der Waals surface area (Å²) in [5.74, 6) is 2.11. The Labute approximate surface area is 115 Å². The molecule has 2 rings (SSSR count). The van der Waals surface area contributed by atoms with Gasteiger partial charge in [-0.2, -0.15) is 0 Å². The summed E-state index contributed by atoms with van der Waals surface area (Å²) in [6.45, 7) is 6.41. The summed E-state index contributed by atoms with van der Waals surface area (Å²) in [4.78, 5) is 9.70. The van der Waals surface area contributed by atoms with E-state index in [4.69, 9.17) is 19.5 Å². The molecule has 0 saturated heterocycles. The van der Waals surface area contributed by atoms with Crippen molar-refractivity contribution in [1.82, 2.24) is 0 Å². The highest BCUT2D eigenvalue weighted by atomic mass is 16.5. The van der Waals surface area contributed by atoms with Crippen LogP contribution in [-0.4, -0.2) is 37.6 Å². The zero-order valence-corrected chi connectivity index (χ0v) is 12.5. The largest absolute Gasteiger partial charge is 0.483 e. The smallest absolute Gasteiger partial charge is 0.213 e. The van der Waals surface area contributed by atoms with Crippen LogP contribution in [0.4, 0.5) is 0 Å². The van der Waals surface area contributed by atoms with Crippen molar-refractivity contribution in [2.45, 2.75) is 45.2 Å². The SMILES string of the molecule is COC1=N[C@]2(CCC=CC2C)C(OC)=NC1C(C)C. The van der Waals surface area contributed by atoms with Crippen LogP contribution in [0, 0.1) is 11.8 Å². The lowest BCUT2D eigenvalue weighted by molar-refractivity contribution is 0.268. The van der Waals surface area contributed by atoms with Crippen molar-refractivity contribution in [1.29, 1.82) is 0 Å². The molecule has 4 nitrogen and oxygen atoms in total. The molecule has 0 aromatic carbocycles. The Morgan fingerprint density at radius 2 is 2.05 bits per heavy atom. The van der Waals surface area contributed by atoms with Gasteiger partial charge < -0.3 is 9.47 Å². The topological polar surface area (TPSA) is 43.2 Å². The number of nitrogens with zero attached hydrogens (tertiary/aromatic N) is 2. The second kappa shape index (κ2) is 5.35. The summed E-state index contributed by atoms with van der Waals surface area (Å²) >= 11 is 0. The van der Waals surface area contributed by atoms with Gasteiger partial charge in [-0.05, 0) is 18.8 Å². The number of aliphatic imine (C=N–C) groups is 2. The van der Waals surface area contributed by atoms with Gasteiger partial charge in [-0.25, -0.2) is 9.98 Å². The molecule has 1 aliphatic carbocycles. The maximum absolute atomic E-state index is 5.58. The van der Waals surface area contributed by atoms with Crippen LogP contribution < -0.4 is 0 Å². The van der Waals surface area contributed by atoms with E-state index in [2.05, 4.69) is 32.9 Å². The summed E-state index contributed by atoms with van der Waals surface area (Å²) < 4.78 is 11.1. The molecular weight excluding hydrogens is 240 g/mol. The average Bonchev–Trinajstić information content (AvgIpc) is 2.41. The lowest BCUT2D eigenvalue weighted by Gasteiger charge is -2.40. The summed E-state index contributed by atoms with van der Waals surface area (Å²) in [6, 6.07) is -0.0383. The minimum absolute atomic E-state index is 0.0383. The van der Waals surface area contributed by atoms with Gasteiger partial charge in [0, 0.05) is 5.92 Å². The molecule has 0 aromatic rings. The van der Waals surface area contributed by atoms with Gasteiger partial charge in [0.25, 0.3) is 0 Å². The summed E-state index contributed by atoms with van der Waals surface area (Å²) in [5, 5.41) is 0. The Morgan fingerprint density at radius 1 is 1.32 bits per heavy atom. The Bertz CT molecular complexity index is 426. The number of allylic oxidation sites excluding steroid dienone is 1. The molecule has 0 N–H and O–H groups in total.